The molecule has 0 atom stereocenters. The van der Waals surface area contributed by atoms with Crippen molar-refractivity contribution in [2.24, 2.45) is 0 Å². The molecule has 10 nitrogen and oxygen atoms in total. The Labute approximate surface area is 194 Å². The molecule has 4 rings (SSSR count). The summed E-state index contributed by atoms with van der Waals surface area (Å²) in [6.07, 6.45) is 0.560. The second kappa shape index (κ2) is 9.65. The summed E-state index contributed by atoms with van der Waals surface area (Å²) < 4.78 is 0. The molecule has 6 amide bonds. The van der Waals surface area contributed by atoms with E-state index in [-0.39, 0.29) is 62.4 Å². The Morgan fingerprint density at radius 1 is 0.559 bits per heavy atom. The van der Waals surface area contributed by atoms with Crippen molar-refractivity contribution in [2.75, 3.05) is 23.7 Å². The van der Waals surface area contributed by atoms with Crippen LogP contribution in [0.15, 0.2) is 48.5 Å². The van der Waals surface area contributed by atoms with Crippen LogP contribution in [0.1, 0.15) is 25.7 Å². The summed E-state index contributed by atoms with van der Waals surface area (Å²) in [5.74, 6) is -2.26. The van der Waals surface area contributed by atoms with Crippen LogP contribution in [0.4, 0.5) is 11.4 Å². The number of anilines is 2. The highest BCUT2D eigenvalue weighted by molar-refractivity contribution is 6.07. The summed E-state index contributed by atoms with van der Waals surface area (Å²) in [6, 6.07) is 14.1. The molecule has 2 fully saturated rings. The van der Waals surface area contributed by atoms with Gasteiger partial charge in [-0.1, -0.05) is 24.3 Å². The Hall–Kier alpha value is -4.34. The zero-order valence-corrected chi connectivity index (χ0v) is 18.2. The maximum atomic E-state index is 12.2. The number of benzene rings is 2. The van der Waals surface area contributed by atoms with Crippen molar-refractivity contribution < 1.29 is 28.8 Å². The van der Waals surface area contributed by atoms with Gasteiger partial charge in [0.1, 0.15) is 13.1 Å². The monoisotopic (exact) mass is 462 g/mol. The van der Waals surface area contributed by atoms with E-state index >= 15 is 0 Å². The summed E-state index contributed by atoms with van der Waals surface area (Å²) in [5.41, 5.74) is 2.80. The molecule has 0 bridgehead atoms. The van der Waals surface area contributed by atoms with Crippen molar-refractivity contribution >= 4 is 46.8 Å². The number of amides is 6. The van der Waals surface area contributed by atoms with Crippen LogP contribution in [0.5, 0.6) is 0 Å². The van der Waals surface area contributed by atoms with Crippen molar-refractivity contribution in [2.45, 2.75) is 25.7 Å². The van der Waals surface area contributed by atoms with Gasteiger partial charge in [-0.25, -0.2) is 0 Å². The third kappa shape index (κ3) is 5.17. The maximum absolute atomic E-state index is 12.2. The minimum absolute atomic E-state index is 0.140. The number of nitrogens with zero attached hydrogens (tertiary/aromatic N) is 2. The lowest BCUT2D eigenvalue weighted by molar-refractivity contribution is -0.142. The lowest BCUT2D eigenvalue weighted by atomic mass is 10.0. The minimum Gasteiger partial charge on any atom is -0.325 e. The largest absolute Gasteiger partial charge is 0.325 e. The molecule has 2 aromatic rings. The van der Waals surface area contributed by atoms with E-state index in [9.17, 15) is 28.8 Å². The third-order valence-corrected chi connectivity index (χ3v) is 5.58. The third-order valence-electron chi connectivity index (χ3n) is 5.58. The van der Waals surface area contributed by atoms with Crippen LogP contribution < -0.4 is 10.6 Å². The van der Waals surface area contributed by atoms with Crippen molar-refractivity contribution in [1.82, 2.24) is 9.80 Å². The fourth-order valence-electron chi connectivity index (χ4n) is 3.78. The number of hydrogen-bond acceptors (Lipinski definition) is 6. The van der Waals surface area contributed by atoms with Crippen molar-refractivity contribution in [1.29, 1.82) is 0 Å². The number of likely N-dealkylation sites (tertiary alicyclic amines) is 2. The van der Waals surface area contributed by atoms with Gasteiger partial charge >= 0.3 is 0 Å². The normalized spacial score (nSPS) is 15.8. The number of nitrogens with one attached hydrogen (secondary N) is 2. The fourth-order valence-corrected chi connectivity index (χ4v) is 3.78. The number of imide groups is 2. The van der Waals surface area contributed by atoms with Crippen LogP contribution in [-0.4, -0.2) is 58.3 Å². The molecule has 0 aliphatic carbocycles. The fraction of sp³-hybridized carbons (Fsp3) is 0.250. The number of carbonyl (C=O) groups is 6. The SMILES string of the molecule is O=C(CN1C(=O)CCC1=O)Nc1ccc(-c2ccc(NC(=O)CN3C(=O)CCC3=O)cc2)cc1. The first-order valence-corrected chi connectivity index (χ1v) is 10.8. The van der Waals surface area contributed by atoms with E-state index in [1.165, 1.54) is 0 Å². The zero-order chi connectivity index (χ0) is 24.2. The van der Waals surface area contributed by atoms with Crippen molar-refractivity contribution in [3.63, 3.8) is 0 Å². The average molecular weight is 462 g/mol. The molecule has 2 aromatic carbocycles. The van der Waals surface area contributed by atoms with Gasteiger partial charge in [-0.05, 0) is 35.4 Å². The Kier molecular flexibility index (Phi) is 6.48. The molecule has 0 saturated carbocycles. The van der Waals surface area contributed by atoms with E-state index in [0.29, 0.717) is 11.4 Å². The lowest BCUT2D eigenvalue weighted by Gasteiger charge is -2.14. The van der Waals surface area contributed by atoms with Crippen molar-refractivity contribution in [3.8, 4) is 11.1 Å². The number of carbonyl (C=O) groups excluding carboxylic acids is 6. The van der Waals surface area contributed by atoms with Gasteiger partial charge in [0, 0.05) is 37.1 Å². The zero-order valence-electron chi connectivity index (χ0n) is 18.2. The minimum atomic E-state index is -0.450. The van der Waals surface area contributed by atoms with Gasteiger partial charge < -0.3 is 10.6 Å². The molecular weight excluding hydrogens is 440 g/mol. The van der Waals surface area contributed by atoms with Crippen LogP contribution in [0.3, 0.4) is 0 Å². The van der Waals surface area contributed by atoms with Gasteiger partial charge in [0.2, 0.25) is 35.4 Å². The molecule has 34 heavy (non-hydrogen) atoms. The van der Waals surface area contributed by atoms with Crippen LogP contribution >= 0.6 is 0 Å². The van der Waals surface area contributed by atoms with E-state index in [1.807, 2.05) is 0 Å². The number of hydrogen-bond donors (Lipinski definition) is 2. The second-order valence-electron chi connectivity index (χ2n) is 8.00. The van der Waals surface area contributed by atoms with E-state index < -0.39 is 11.8 Å². The molecule has 2 N–H and O–H groups in total. The first-order chi connectivity index (χ1) is 16.3. The van der Waals surface area contributed by atoms with Crippen LogP contribution in [0, 0.1) is 0 Å². The molecule has 0 radical (unpaired) electrons. The standard InChI is InChI=1S/C24H22N4O6/c29-19(13-27-21(31)9-10-22(27)32)25-17-5-1-15(2-6-17)16-3-7-18(8-4-16)26-20(30)14-28-23(33)11-12-24(28)34/h1-8H,9-14H2,(H,25,29)(H,26,30). The van der Waals surface area contributed by atoms with Gasteiger partial charge in [0.25, 0.3) is 0 Å². The predicted molar refractivity (Wildman–Crippen MR) is 121 cm³/mol. The van der Waals surface area contributed by atoms with Crippen LogP contribution in [0.2, 0.25) is 0 Å². The Morgan fingerprint density at radius 3 is 1.15 bits per heavy atom. The molecule has 0 aromatic heterocycles. The summed E-state index contributed by atoms with van der Waals surface area (Å²) in [5, 5.41) is 5.34. The summed E-state index contributed by atoms with van der Waals surface area (Å²) in [4.78, 5) is 72.8. The van der Waals surface area contributed by atoms with Crippen molar-refractivity contribution in [3.05, 3.63) is 48.5 Å². The number of rotatable bonds is 7. The maximum Gasteiger partial charge on any atom is 0.244 e. The van der Waals surface area contributed by atoms with E-state index in [2.05, 4.69) is 10.6 Å². The highest BCUT2D eigenvalue weighted by Gasteiger charge is 2.31. The van der Waals surface area contributed by atoms with Crippen LogP contribution in [0.25, 0.3) is 11.1 Å². The Bertz CT molecular complexity index is 1050. The summed E-state index contributed by atoms with van der Waals surface area (Å²) >= 11 is 0. The van der Waals surface area contributed by atoms with Gasteiger partial charge in [-0.15, -0.1) is 0 Å². The van der Waals surface area contributed by atoms with Gasteiger partial charge in [0.05, 0.1) is 0 Å². The molecule has 174 valence electrons. The first kappa shape index (κ1) is 22.8. The molecule has 2 aliphatic heterocycles. The van der Waals surface area contributed by atoms with E-state index in [0.717, 1.165) is 20.9 Å². The molecular formula is C24H22N4O6. The molecule has 10 heteroatoms. The predicted octanol–water partition coefficient (Wildman–Crippen LogP) is 1.53. The highest BCUT2D eigenvalue weighted by Crippen LogP contribution is 2.23. The molecule has 0 unspecified atom stereocenters. The highest BCUT2D eigenvalue weighted by atomic mass is 16.2. The Balaban J connectivity index is 1.31. The summed E-state index contributed by atoms with van der Waals surface area (Å²) in [7, 11) is 0. The summed E-state index contributed by atoms with van der Waals surface area (Å²) in [6.45, 7) is -0.598. The molecule has 2 aliphatic rings. The van der Waals surface area contributed by atoms with E-state index in [1.54, 1.807) is 48.5 Å². The topological polar surface area (TPSA) is 133 Å². The van der Waals surface area contributed by atoms with Gasteiger partial charge in [-0.3, -0.25) is 38.6 Å². The van der Waals surface area contributed by atoms with Gasteiger partial charge in [0.15, 0.2) is 0 Å². The quantitative estimate of drug-likeness (QED) is 0.600. The average Bonchev–Trinajstić information content (AvgIpc) is 3.30. The molecule has 0 spiro atoms. The van der Waals surface area contributed by atoms with Crippen LogP contribution in [-0.2, 0) is 28.8 Å². The molecule has 2 heterocycles. The smallest absolute Gasteiger partial charge is 0.244 e. The van der Waals surface area contributed by atoms with Gasteiger partial charge in [-0.2, -0.15) is 0 Å². The first-order valence-electron chi connectivity index (χ1n) is 10.8. The molecule has 2 saturated heterocycles. The lowest BCUT2D eigenvalue weighted by Crippen LogP contribution is -2.36. The second-order valence-corrected chi connectivity index (χ2v) is 8.00. The Morgan fingerprint density at radius 2 is 0.853 bits per heavy atom. The van der Waals surface area contributed by atoms with E-state index in [4.69, 9.17) is 0 Å².